The van der Waals surface area contributed by atoms with Gasteiger partial charge in [0.05, 0.1) is 24.8 Å². The Morgan fingerprint density at radius 1 is 0.971 bits per heavy atom. The maximum Gasteiger partial charge on any atom is 0.335 e. The fraction of sp³-hybridized carbons (Fsp3) is 0.259. The van der Waals surface area contributed by atoms with Crippen LogP contribution in [0.4, 0.5) is 0 Å². The van der Waals surface area contributed by atoms with Crippen molar-refractivity contribution in [2.24, 2.45) is 0 Å². The molecule has 0 fully saturated rings. The van der Waals surface area contributed by atoms with E-state index in [2.05, 4.69) is 10.6 Å². The number of benzene rings is 3. The monoisotopic (exact) mass is 462 g/mol. The predicted molar refractivity (Wildman–Crippen MR) is 130 cm³/mol. The van der Waals surface area contributed by atoms with E-state index in [4.69, 9.17) is 4.74 Å². The number of methoxy groups -OCH3 is 1. The van der Waals surface area contributed by atoms with Crippen LogP contribution in [0.25, 0.3) is 0 Å². The lowest BCUT2D eigenvalue weighted by Crippen LogP contribution is -2.48. The number of ether oxygens (including phenoxy) is 1. The molecule has 0 aromatic heterocycles. The highest BCUT2D eigenvalue weighted by atomic mass is 16.5. The third kappa shape index (κ3) is 6.91. The summed E-state index contributed by atoms with van der Waals surface area (Å²) in [6.07, 6.45) is -0.454. The lowest BCUT2D eigenvalue weighted by atomic mass is 9.99. The first kappa shape index (κ1) is 25.0. The van der Waals surface area contributed by atoms with Gasteiger partial charge in [0.1, 0.15) is 5.75 Å². The highest BCUT2D eigenvalue weighted by Crippen LogP contribution is 2.15. The van der Waals surface area contributed by atoms with Crippen LogP contribution < -0.4 is 15.4 Å². The number of carboxylic acid groups (broad SMARTS) is 1. The van der Waals surface area contributed by atoms with Crippen molar-refractivity contribution < 1.29 is 24.5 Å². The number of carbonyl (C=O) groups is 2. The van der Waals surface area contributed by atoms with Gasteiger partial charge in [-0.25, -0.2) is 4.79 Å². The van der Waals surface area contributed by atoms with Crippen molar-refractivity contribution in [1.29, 1.82) is 0 Å². The minimum absolute atomic E-state index is 0.0378. The first-order valence-corrected chi connectivity index (χ1v) is 11.1. The quantitative estimate of drug-likeness (QED) is 0.349. The van der Waals surface area contributed by atoms with E-state index in [0.717, 1.165) is 16.9 Å². The number of nitrogens with one attached hydrogen (secondary N) is 2. The molecule has 0 unspecified atom stereocenters. The summed E-state index contributed by atoms with van der Waals surface area (Å²) < 4.78 is 5.24. The number of amides is 1. The number of carbonyl (C=O) groups excluding carboxylic acids is 1. The van der Waals surface area contributed by atoms with Crippen LogP contribution in [0, 0.1) is 6.92 Å². The second kappa shape index (κ2) is 12.0. The van der Waals surface area contributed by atoms with Gasteiger partial charge in [0.25, 0.3) is 5.91 Å². The Kier molecular flexibility index (Phi) is 8.79. The Morgan fingerprint density at radius 3 is 2.41 bits per heavy atom. The van der Waals surface area contributed by atoms with E-state index in [1.165, 1.54) is 12.1 Å². The van der Waals surface area contributed by atoms with Gasteiger partial charge in [0, 0.05) is 18.7 Å². The molecular weight excluding hydrogens is 432 g/mol. The Labute approximate surface area is 199 Å². The summed E-state index contributed by atoms with van der Waals surface area (Å²) in [5.74, 6) is -0.766. The number of aryl methyl sites for hydroxylation is 1. The van der Waals surface area contributed by atoms with Gasteiger partial charge in [0.15, 0.2) is 0 Å². The van der Waals surface area contributed by atoms with Crippen LogP contribution in [0.2, 0.25) is 0 Å². The van der Waals surface area contributed by atoms with Gasteiger partial charge >= 0.3 is 5.97 Å². The first-order chi connectivity index (χ1) is 16.4. The third-order valence-corrected chi connectivity index (χ3v) is 5.63. The molecule has 0 bridgehead atoms. The Balaban J connectivity index is 1.72. The molecule has 4 N–H and O–H groups in total. The smallest absolute Gasteiger partial charge is 0.335 e. The summed E-state index contributed by atoms with van der Waals surface area (Å²) in [4.78, 5) is 24.4. The van der Waals surface area contributed by atoms with Crippen LogP contribution in [0.5, 0.6) is 5.75 Å². The number of carboxylic acids is 1. The molecule has 1 amide bonds. The molecule has 0 radical (unpaired) electrons. The van der Waals surface area contributed by atoms with Crippen molar-refractivity contribution in [3.63, 3.8) is 0 Å². The van der Waals surface area contributed by atoms with Gasteiger partial charge in [-0.05, 0) is 54.3 Å². The lowest BCUT2D eigenvalue weighted by Gasteiger charge is -2.25. The Hall–Kier alpha value is -3.68. The van der Waals surface area contributed by atoms with Gasteiger partial charge in [-0.15, -0.1) is 0 Å². The number of rotatable bonds is 11. The van der Waals surface area contributed by atoms with Crippen molar-refractivity contribution in [1.82, 2.24) is 10.6 Å². The van der Waals surface area contributed by atoms with Crippen molar-refractivity contribution in [2.75, 3.05) is 13.7 Å². The SMILES string of the molecule is COc1cccc(CNC[C@H](O)[C@H](Cc2ccccc2)NC(=O)c2cc(C(=O)O)ccc2C)c1. The van der Waals surface area contributed by atoms with Gasteiger partial charge in [0.2, 0.25) is 0 Å². The zero-order valence-corrected chi connectivity index (χ0v) is 19.3. The molecule has 34 heavy (non-hydrogen) atoms. The van der Waals surface area contributed by atoms with E-state index in [-0.39, 0.29) is 17.7 Å². The van der Waals surface area contributed by atoms with Gasteiger partial charge in [-0.3, -0.25) is 4.79 Å². The Bertz CT molecular complexity index is 1120. The van der Waals surface area contributed by atoms with Gasteiger partial charge in [-0.2, -0.15) is 0 Å². The lowest BCUT2D eigenvalue weighted by molar-refractivity contribution is 0.0697. The highest BCUT2D eigenvalue weighted by Gasteiger charge is 2.23. The first-order valence-electron chi connectivity index (χ1n) is 11.1. The summed E-state index contributed by atoms with van der Waals surface area (Å²) >= 11 is 0. The summed E-state index contributed by atoms with van der Waals surface area (Å²) in [5, 5.41) is 26.4. The van der Waals surface area contributed by atoms with Crippen LogP contribution in [-0.4, -0.2) is 47.9 Å². The fourth-order valence-corrected chi connectivity index (χ4v) is 3.69. The molecule has 7 nitrogen and oxygen atoms in total. The van der Waals surface area contributed by atoms with Gasteiger partial charge in [-0.1, -0.05) is 48.5 Å². The molecule has 3 aromatic carbocycles. The molecule has 3 rings (SSSR count). The van der Waals surface area contributed by atoms with E-state index in [1.54, 1.807) is 20.1 Å². The topological polar surface area (TPSA) is 108 Å². The summed E-state index contributed by atoms with van der Waals surface area (Å²) in [5.41, 5.74) is 2.95. The van der Waals surface area contributed by atoms with Gasteiger partial charge < -0.3 is 25.6 Å². The number of hydrogen-bond acceptors (Lipinski definition) is 5. The average molecular weight is 463 g/mol. The second-order valence-corrected chi connectivity index (χ2v) is 8.15. The molecular formula is C27H30N2O5. The number of hydrogen-bond donors (Lipinski definition) is 4. The molecule has 3 aromatic rings. The number of aliphatic hydroxyl groups excluding tert-OH is 1. The molecule has 0 saturated heterocycles. The number of aliphatic hydroxyl groups is 1. The van der Waals surface area contributed by atoms with E-state index >= 15 is 0 Å². The van der Waals surface area contributed by atoms with Crippen LogP contribution >= 0.6 is 0 Å². The number of aromatic carboxylic acids is 1. The van der Waals surface area contributed by atoms with E-state index in [9.17, 15) is 19.8 Å². The molecule has 0 aliphatic heterocycles. The molecule has 0 saturated carbocycles. The zero-order valence-electron chi connectivity index (χ0n) is 19.3. The normalized spacial score (nSPS) is 12.6. The highest BCUT2D eigenvalue weighted by molar-refractivity contribution is 5.98. The molecule has 0 aliphatic carbocycles. The van der Waals surface area contributed by atoms with Crippen molar-refractivity contribution in [3.05, 3.63) is 101 Å². The fourth-order valence-electron chi connectivity index (χ4n) is 3.69. The van der Waals surface area contributed by atoms with Crippen LogP contribution in [0.15, 0.2) is 72.8 Å². The van der Waals surface area contributed by atoms with E-state index < -0.39 is 24.0 Å². The summed E-state index contributed by atoms with van der Waals surface area (Å²) in [6, 6.07) is 21.1. The van der Waals surface area contributed by atoms with Crippen molar-refractivity contribution in [3.8, 4) is 5.75 Å². The predicted octanol–water partition coefficient (Wildman–Crippen LogP) is 3.19. The van der Waals surface area contributed by atoms with Crippen LogP contribution in [-0.2, 0) is 13.0 Å². The molecule has 7 heteroatoms. The molecule has 0 spiro atoms. The minimum atomic E-state index is -1.10. The molecule has 178 valence electrons. The molecule has 0 aliphatic rings. The summed E-state index contributed by atoms with van der Waals surface area (Å²) in [7, 11) is 1.61. The Morgan fingerprint density at radius 2 is 1.71 bits per heavy atom. The van der Waals surface area contributed by atoms with Crippen molar-refractivity contribution in [2.45, 2.75) is 32.0 Å². The maximum atomic E-state index is 13.1. The van der Waals surface area contributed by atoms with E-state index in [0.29, 0.717) is 18.5 Å². The van der Waals surface area contributed by atoms with Crippen LogP contribution in [0.1, 0.15) is 37.4 Å². The van der Waals surface area contributed by atoms with Crippen molar-refractivity contribution >= 4 is 11.9 Å². The average Bonchev–Trinajstić information content (AvgIpc) is 2.84. The maximum absolute atomic E-state index is 13.1. The zero-order chi connectivity index (χ0) is 24.5. The molecule has 2 atom stereocenters. The van der Waals surface area contributed by atoms with E-state index in [1.807, 2.05) is 54.6 Å². The standard InChI is InChI=1S/C27H30N2O5/c1-18-11-12-21(27(32)33)15-23(18)26(31)29-24(14-19-7-4-3-5-8-19)25(30)17-28-16-20-9-6-10-22(13-20)34-2/h3-13,15,24-25,28,30H,14,16-17H2,1-2H3,(H,29,31)(H,32,33)/t24-,25-/m0/s1. The minimum Gasteiger partial charge on any atom is -0.497 e. The third-order valence-electron chi connectivity index (χ3n) is 5.63. The molecule has 0 heterocycles. The largest absolute Gasteiger partial charge is 0.497 e. The van der Waals surface area contributed by atoms with Crippen LogP contribution in [0.3, 0.4) is 0 Å². The summed E-state index contributed by atoms with van der Waals surface area (Å²) in [6.45, 7) is 2.53. The second-order valence-electron chi connectivity index (χ2n) is 8.15.